The Morgan fingerprint density at radius 3 is 2.78 bits per heavy atom. The molecule has 4 heteroatoms. The van der Waals surface area contributed by atoms with Crippen molar-refractivity contribution >= 4 is 0 Å². The van der Waals surface area contributed by atoms with Gasteiger partial charge in [0.1, 0.15) is 0 Å². The minimum absolute atomic E-state index is 0.0321. The third-order valence-electron chi connectivity index (χ3n) is 0.848. The predicted molar refractivity (Wildman–Crippen MR) is 34.4 cm³/mol. The summed E-state index contributed by atoms with van der Waals surface area (Å²) < 4.78 is 0. The van der Waals surface area contributed by atoms with Crippen LogP contribution in [0.25, 0.3) is 0 Å². The van der Waals surface area contributed by atoms with Gasteiger partial charge in [0.25, 0.3) is 0 Å². The van der Waals surface area contributed by atoms with E-state index in [9.17, 15) is 10.1 Å². The van der Waals surface area contributed by atoms with Crippen molar-refractivity contribution in [2.45, 2.75) is 12.8 Å². The van der Waals surface area contributed by atoms with Crippen molar-refractivity contribution in [2.24, 2.45) is 5.73 Å². The maximum Gasteiger partial charge on any atom is 0.204 e. The molecule has 9 heavy (non-hydrogen) atoms. The smallest absolute Gasteiger partial charge is 0.204 e. The van der Waals surface area contributed by atoms with Gasteiger partial charge in [-0.2, -0.15) is 0 Å². The zero-order valence-electron chi connectivity index (χ0n) is 5.12. The van der Waals surface area contributed by atoms with E-state index in [1.54, 1.807) is 6.08 Å². The van der Waals surface area contributed by atoms with Crippen LogP contribution in [0.3, 0.4) is 0 Å². The summed E-state index contributed by atoms with van der Waals surface area (Å²) in [6.45, 7) is 0.0321. The Morgan fingerprint density at radius 1 is 1.67 bits per heavy atom. The molecule has 0 unspecified atom stereocenters. The number of nitrogens with zero attached hydrogens (tertiary/aromatic N) is 1. The molecule has 0 aliphatic heterocycles. The Kier molecular flexibility index (Phi) is 4.49. The van der Waals surface area contributed by atoms with Crippen LogP contribution in [0.5, 0.6) is 0 Å². The van der Waals surface area contributed by atoms with Gasteiger partial charge in [0.2, 0.25) is 6.54 Å². The van der Waals surface area contributed by atoms with Crippen LogP contribution in [-0.2, 0) is 0 Å². The first kappa shape index (κ1) is 7.94. The fraction of sp³-hybridized carbons (Fsp3) is 0.600. The second-order valence-corrected chi connectivity index (χ2v) is 1.63. The summed E-state index contributed by atoms with van der Waals surface area (Å²) in [5.41, 5.74) is 4.99. The maximum atomic E-state index is 9.71. The molecule has 2 N–H and O–H groups in total. The molecule has 0 aliphatic rings. The second-order valence-electron chi connectivity index (χ2n) is 1.63. The summed E-state index contributed by atoms with van der Waals surface area (Å²) in [5.74, 6) is 0. The average molecular weight is 130 g/mol. The van der Waals surface area contributed by atoms with Gasteiger partial charge in [0.15, 0.2) is 0 Å². The lowest BCUT2D eigenvalue weighted by Gasteiger charge is -1.87. The Labute approximate surface area is 53.5 Å². The molecule has 0 aromatic heterocycles. The van der Waals surface area contributed by atoms with Crippen LogP contribution < -0.4 is 5.73 Å². The summed E-state index contributed by atoms with van der Waals surface area (Å²) in [7, 11) is 0. The molecule has 0 spiro atoms. The molecule has 0 saturated heterocycles. The highest BCUT2D eigenvalue weighted by molar-refractivity contribution is 4.74. The minimum Gasteiger partial charge on any atom is -0.405 e. The largest absolute Gasteiger partial charge is 0.405 e. The van der Waals surface area contributed by atoms with Crippen LogP contribution in [0.15, 0.2) is 12.3 Å². The highest BCUT2D eigenvalue weighted by Gasteiger charge is 1.91. The van der Waals surface area contributed by atoms with E-state index in [0.717, 1.165) is 0 Å². The van der Waals surface area contributed by atoms with Gasteiger partial charge in [-0.25, -0.2) is 0 Å². The van der Waals surface area contributed by atoms with Crippen LogP contribution in [-0.4, -0.2) is 11.5 Å². The molecule has 0 aliphatic carbocycles. The van der Waals surface area contributed by atoms with E-state index in [0.29, 0.717) is 12.8 Å². The minimum atomic E-state index is -0.329. The summed E-state index contributed by atoms with van der Waals surface area (Å²) >= 11 is 0. The number of hydrogen-bond donors (Lipinski definition) is 1. The molecule has 0 amide bonds. The maximum absolute atomic E-state index is 9.71. The standard InChI is InChI=1S/C5H10N2O2/c6-4-2-1-3-5-7(8)9/h2,4H,1,3,5-6H2. The number of hydrogen-bond acceptors (Lipinski definition) is 3. The lowest BCUT2D eigenvalue weighted by Crippen LogP contribution is -1.99. The van der Waals surface area contributed by atoms with Gasteiger partial charge >= 0.3 is 0 Å². The van der Waals surface area contributed by atoms with Crippen molar-refractivity contribution < 1.29 is 4.92 Å². The zero-order chi connectivity index (χ0) is 7.11. The van der Waals surface area contributed by atoms with Gasteiger partial charge in [-0.15, -0.1) is 0 Å². The monoisotopic (exact) mass is 130 g/mol. The van der Waals surface area contributed by atoms with Crippen LogP contribution in [0.2, 0.25) is 0 Å². The number of nitro groups is 1. The molecular weight excluding hydrogens is 120 g/mol. The van der Waals surface area contributed by atoms with E-state index in [1.165, 1.54) is 6.20 Å². The Balaban J connectivity index is 3.01. The molecule has 52 valence electrons. The molecule has 0 saturated carbocycles. The first-order valence-corrected chi connectivity index (χ1v) is 2.76. The molecule has 4 nitrogen and oxygen atoms in total. The van der Waals surface area contributed by atoms with E-state index in [2.05, 4.69) is 0 Å². The average Bonchev–Trinajstić information content (AvgIpc) is 1.80. The normalized spacial score (nSPS) is 10.2. The third kappa shape index (κ3) is 6.94. The van der Waals surface area contributed by atoms with E-state index in [1.807, 2.05) is 0 Å². The number of unbranched alkanes of at least 4 members (excludes halogenated alkanes) is 1. The van der Waals surface area contributed by atoms with Gasteiger partial charge < -0.3 is 5.73 Å². The van der Waals surface area contributed by atoms with Crippen molar-refractivity contribution in [1.82, 2.24) is 0 Å². The fourth-order valence-corrected chi connectivity index (χ4v) is 0.434. The first-order chi connectivity index (χ1) is 4.27. The van der Waals surface area contributed by atoms with Gasteiger partial charge in [-0.3, -0.25) is 10.1 Å². The fourth-order valence-electron chi connectivity index (χ4n) is 0.434. The van der Waals surface area contributed by atoms with Crippen molar-refractivity contribution in [2.75, 3.05) is 6.54 Å². The van der Waals surface area contributed by atoms with Gasteiger partial charge in [0, 0.05) is 11.3 Å². The Morgan fingerprint density at radius 2 is 2.33 bits per heavy atom. The SMILES string of the molecule is NC=CCCC[N+](=O)[O-]. The molecule has 0 fully saturated rings. The van der Waals surface area contributed by atoms with Crippen LogP contribution in [0.1, 0.15) is 12.8 Å². The molecular formula is C5H10N2O2. The molecule has 0 radical (unpaired) electrons. The van der Waals surface area contributed by atoms with E-state index in [4.69, 9.17) is 5.73 Å². The van der Waals surface area contributed by atoms with Crippen molar-refractivity contribution in [1.29, 1.82) is 0 Å². The quantitative estimate of drug-likeness (QED) is 0.342. The molecule has 0 atom stereocenters. The van der Waals surface area contributed by atoms with Gasteiger partial charge in [-0.1, -0.05) is 6.08 Å². The zero-order valence-corrected chi connectivity index (χ0v) is 5.12. The van der Waals surface area contributed by atoms with E-state index < -0.39 is 0 Å². The molecule has 0 aromatic rings. The van der Waals surface area contributed by atoms with Gasteiger partial charge in [0.05, 0.1) is 0 Å². The van der Waals surface area contributed by atoms with Crippen LogP contribution in [0, 0.1) is 10.1 Å². The van der Waals surface area contributed by atoms with Crippen molar-refractivity contribution in [3.63, 3.8) is 0 Å². The highest BCUT2D eigenvalue weighted by Crippen LogP contribution is 1.88. The summed E-state index contributed by atoms with van der Waals surface area (Å²) in [6.07, 6.45) is 4.38. The number of rotatable bonds is 4. The molecule has 0 aromatic carbocycles. The first-order valence-electron chi connectivity index (χ1n) is 2.76. The lowest BCUT2D eigenvalue weighted by molar-refractivity contribution is -0.480. The molecule has 0 heterocycles. The summed E-state index contributed by atoms with van der Waals surface area (Å²) in [6, 6.07) is 0. The Hall–Kier alpha value is -1.06. The number of nitrogens with two attached hydrogens (primary N) is 1. The van der Waals surface area contributed by atoms with Crippen molar-refractivity contribution in [3.8, 4) is 0 Å². The van der Waals surface area contributed by atoms with Gasteiger partial charge in [-0.05, 0) is 12.6 Å². The second kappa shape index (κ2) is 5.08. The predicted octanol–water partition coefficient (Wildman–Crippen LogP) is 0.516. The topological polar surface area (TPSA) is 69.2 Å². The summed E-state index contributed by atoms with van der Waals surface area (Å²) in [5, 5.41) is 9.71. The van der Waals surface area contributed by atoms with E-state index in [-0.39, 0.29) is 11.5 Å². The van der Waals surface area contributed by atoms with Crippen LogP contribution in [0.4, 0.5) is 0 Å². The lowest BCUT2D eigenvalue weighted by atomic mass is 10.3. The Bertz CT molecular complexity index is 112. The third-order valence-corrected chi connectivity index (χ3v) is 0.848. The highest BCUT2D eigenvalue weighted by atomic mass is 16.6. The molecule has 0 rings (SSSR count). The summed E-state index contributed by atoms with van der Waals surface area (Å²) in [4.78, 5) is 9.38. The molecule has 0 bridgehead atoms. The number of allylic oxidation sites excluding steroid dienone is 1. The van der Waals surface area contributed by atoms with Crippen LogP contribution >= 0.6 is 0 Å². The van der Waals surface area contributed by atoms with Crippen molar-refractivity contribution in [3.05, 3.63) is 22.4 Å². The van der Waals surface area contributed by atoms with E-state index >= 15 is 0 Å².